The molecule has 0 radical (unpaired) electrons. The van der Waals surface area contributed by atoms with Gasteiger partial charge < -0.3 is 10.6 Å². The van der Waals surface area contributed by atoms with Crippen LogP contribution in [0.3, 0.4) is 0 Å². The van der Waals surface area contributed by atoms with Crippen LogP contribution in [0.25, 0.3) is 5.69 Å². The monoisotopic (exact) mass is 417 g/mol. The molecule has 158 valence electrons. The summed E-state index contributed by atoms with van der Waals surface area (Å²) in [5.74, 6) is -0.624. The summed E-state index contributed by atoms with van der Waals surface area (Å²) < 4.78 is 1.83. The van der Waals surface area contributed by atoms with E-state index in [4.69, 9.17) is 0 Å². The SMILES string of the molecule is Cc1nn(-c2ccccc2)c(C)c1CC(=O)Nc1cccc([C@]2(C)NC(=O)NC2=O)c1. The molecule has 1 fully saturated rings. The standard InChI is InChI=1S/C23H23N5O3/c1-14-19(15(2)28(27-14)18-10-5-4-6-11-18)13-20(29)24-17-9-7-8-16(12-17)23(3)21(30)25-22(31)26-23/h4-12H,13H2,1-3H3,(H,24,29)(H2,25,26,30,31)/t23-/m0/s1. The fourth-order valence-electron chi connectivity index (χ4n) is 3.77. The zero-order valence-corrected chi connectivity index (χ0v) is 17.5. The molecule has 3 N–H and O–H groups in total. The quantitative estimate of drug-likeness (QED) is 0.555. The highest BCUT2D eigenvalue weighted by Gasteiger charge is 2.43. The van der Waals surface area contributed by atoms with E-state index in [0.717, 1.165) is 22.6 Å². The minimum atomic E-state index is -1.18. The lowest BCUT2D eigenvalue weighted by atomic mass is 9.92. The van der Waals surface area contributed by atoms with Crippen LogP contribution < -0.4 is 16.0 Å². The minimum Gasteiger partial charge on any atom is -0.326 e. The molecule has 1 aliphatic heterocycles. The fourth-order valence-corrected chi connectivity index (χ4v) is 3.77. The predicted octanol–water partition coefficient (Wildman–Crippen LogP) is 2.72. The summed E-state index contributed by atoms with van der Waals surface area (Å²) >= 11 is 0. The van der Waals surface area contributed by atoms with Crippen molar-refractivity contribution in [2.24, 2.45) is 0 Å². The second-order valence-corrected chi connectivity index (χ2v) is 7.74. The average Bonchev–Trinajstić information content (AvgIpc) is 3.18. The van der Waals surface area contributed by atoms with Crippen molar-refractivity contribution >= 4 is 23.5 Å². The third-order valence-electron chi connectivity index (χ3n) is 5.55. The minimum absolute atomic E-state index is 0.170. The Morgan fingerprint density at radius 1 is 1.10 bits per heavy atom. The molecule has 3 aromatic rings. The van der Waals surface area contributed by atoms with Gasteiger partial charge in [-0.3, -0.25) is 14.9 Å². The largest absolute Gasteiger partial charge is 0.326 e. The van der Waals surface area contributed by atoms with Gasteiger partial charge in [-0.1, -0.05) is 30.3 Å². The first kappa shape index (κ1) is 20.3. The maximum Gasteiger partial charge on any atom is 0.322 e. The number of para-hydroxylation sites is 1. The van der Waals surface area contributed by atoms with E-state index in [1.165, 1.54) is 0 Å². The van der Waals surface area contributed by atoms with Gasteiger partial charge in [0.05, 0.1) is 17.8 Å². The first-order valence-corrected chi connectivity index (χ1v) is 9.92. The molecule has 1 saturated heterocycles. The third kappa shape index (κ3) is 3.79. The highest BCUT2D eigenvalue weighted by Crippen LogP contribution is 2.27. The summed E-state index contributed by atoms with van der Waals surface area (Å²) in [4.78, 5) is 36.5. The van der Waals surface area contributed by atoms with Crippen LogP contribution in [0.15, 0.2) is 54.6 Å². The Balaban J connectivity index is 1.52. The van der Waals surface area contributed by atoms with E-state index in [-0.39, 0.29) is 12.3 Å². The zero-order valence-electron chi connectivity index (χ0n) is 17.5. The van der Waals surface area contributed by atoms with E-state index >= 15 is 0 Å². The number of urea groups is 1. The molecule has 1 atom stereocenters. The zero-order chi connectivity index (χ0) is 22.2. The molecule has 2 heterocycles. The summed E-state index contributed by atoms with van der Waals surface area (Å²) in [6, 6.07) is 16.1. The van der Waals surface area contributed by atoms with Gasteiger partial charge in [0.1, 0.15) is 5.54 Å². The van der Waals surface area contributed by atoms with Gasteiger partial charge in [-0.15, -0.1) is 0 Å². The van der Waals surface area contributed by atoms with Crippen LogP contribution in [0, 0.1) is 13.8 Å². The number of aromatic nitrogens is 2. The van der Waals surface area contributed by atoms with Gasteiger partial charge in [0.25, 0.3) is 5.91 Å². The van der Waals surface area contributed by atoms with Crippen molar-refractivity contribution in [1.29, 1.82) is 0 Å². The Morgan fingerprint density at radius 3 is 2.52 bits per heavy atom. The first-order chi connectivity index (χ1) is 14.8. The summed E-state index contributed by atoms with van der Waals surface area (Å²) in [6.07, 6.45) is 0.170. The molecule has 0 saturated carbocycles. The number of hydrogen-bond acceptors (Lipinski definition) is 4. The highest BCUT2D eigenvalue weighted by molar-refractivity contribution is 6.07. The van der Waals surface area contributed by atoms with Gasteiger partial charge in [-0.25, -0.2) is 9.48 Å². The second kappa shape index (κ2) is 7.71. The highest BCUT2D eigenvalue weighted by atomic mass is 16.2. The Bertz CT molecular complexity index is 1190. The van der Waals surface area contributed by atoms with Gasteiger partial charge in [0.2, 0.25) is 5.91 Å². The van der Waals surface area contributed by atoms with Crippen molar-refractivity contribution < 1.29 is 14.4 Å². The van der Waals surface area contributed by atoms with Crippen molar-refractivity contribution in [2.75, 3.05) is 5.32 Å². The van der Waals surface area contributed by atoms with E-state index in [9.17, 15) is 14.4 Å². The van der Waals surface area contributed by atoms with Crippen LogP contribution in [0.2, 0.25) is 0 Å². The Hall–Kier alpha value is -3.94. The Kier molecular flexibility index (Phi) is 5.06. The number of aryl methyl sites for hydroxylation is 1. The third-order valence-corrected chi connectivity index (χ3v) is 5.55. The number of amides is 4. The van der Waals surface area contributed by atoms with Gasteiger partial charge in [0, 0.05) is 16.9 Å². The van der Waals surface area contributed by atoms with Crippen LogP contribution in [0.1, 0.15) is 29.4 Å². The number of carbonyl (C=O) groups is 3. The maximum absolute atomic E-state index is 12.8. The van der Waals surface area contributed by atoms with Gasteiger partial charge in [0.15, 0.2) is 0 Å². The van der Waals surface area contributed by atoms with Crippen molar-refractivity contribution in [3.63, 3.8) is 0 Å². The number of imide groups is 1. The number of nitrogens with one attached hydrogen (secondary N) is 3. The molecule has 1 aromatic heterocycles. The number of nitrogens with zero attached hydrogens (tertiary/aromatic N) is 2. The van der Waals surface area contributed by atoms with Gasteiger partial charge in [-0.2, -0.15) is 5.10 Å². The molecule has 4 amide bonds. The fraction of sp³-hybridized carbons (Fsp3) is 0.217. The Labute approximate surface area is 179 Å². The number of benzene rings is 2. The molecule has 1 aliphatic rings. The smallest absolute Gasteiger partial charge is 0.322 e. The van der Waals surface area contributed by atoms with Crippen molar-refractivity contribution in [2.45, 2.75) is 32.7 Å². The van der Waals surface area contributed by atoms with E-state index < -0.39 is 17.5 Å². The summed E-state index contributed by atoms with van der Waals surface area (Å²) in [5, 5.41) is 12.3. The molecular weight excluding hydrogens is 394 g/mol. The van der Waals surface area contributed by atoms with Gasteiger partial charge in [-0.05, 0) is 50.6 Å². The predicted molar refractivity (Wildman–Crippen MR) is 116 cm³/mol. The summed E-state index contributed by atoms with van der Waals surface area (Å²) in [7, 11) is 0. The molecule has 0 aliphatic carbocycles. The van der Waals surface area contributed by atoms with Crippen molar-refractivity contribution in [3.8, 4) is 5.69 Å². The molecule has 2 aromatic carbocycles. The van der Waals surface area contributed by atoms with E-state index in [2.05, 4.69) is 21.0 Å². The molecule has 0 bridgehead atoms. The van der Waals surface area contributed by atoms with Crippen LogP contribution in [0.4, 0.5) is 10.5 Å². The van der Waals surface area contributed by atoms with E-state index in [1.807, 2.05) is 48.9 Å². The number of rotatable bonds is 5. The van der Waals surface area contributed by atoms with Crippen LogP contribution in [0.5, 0.6) is 0 Å². The van der Waals surface area contributed by atoms with Crippen LogP contribution >= 0.6 is 0 Å². The topological polar surface area (TPSA) is 105 Å². The number of hydrogen-bond donors (Lipinski definition) is 3. The molecule has 8 heteroatoms. The van der Waals surface area contributed by atoms with E-state index in [0.29, 0.717) is 11.3 Å². The molecule has 0 spiro atoms. The number of carbonyl (C=O) groups excluding carboxylic acids is 3. The second-order valence-electron chi connectivity index (χ2n) is 7.74. The van der Waals surface area contributed by atoms with Crippen LogP contribution in [-0.2, 0) is 21.5 Å². The van der Waals surface area contributed by atoms with E-state index in [1.54, 1.807) is 31.2 Å². The van der Waals surface area contributed by atoms with Crippen molar-refractivity contribution in [1.82, 2.24) is 20.4 Å². The lowest BCUT2D eigenvalue weighted by molar-refractivity contribution is -0.123. The Morgan fingerprint density at radius 2 is 1.84 bits per heavy atom. The van der Waals surface area contributed by atoms with Gasteiger partial charge >= 0.3 is 6.03 Å². The molecule has 31 heavy (non-hydrogen) atoms. The molecule has 8 nitrogen and oxygen atoms in total. The lowest BCUT2D eigenvalue weighted by Gasteiger charge is -2.21. The normalized spacial score (nSPS) is 17.9. The molecule has 0 unspecified atom stereocenters. The molecular formula is C23H23N5O3. The number of anilines is 1. The van der Waals surface area contributed by atoms with Crippen LogP contribution in [-0.4, -0.2) is 27.6 Å². The summed E-state index contributed by atoms with van der Waals surface area (Å²) in [6.45, 7) is 5.45. The van der Waals surface area contributed by atoms with Crippen molar-refractivity contribution in [3.05, 3.63) is 77.1 Å². The molecule has 4 rings (SSSR count). The summed E-state index contributed by atoms with van der Waals surface area (Å²) in [5.41, 5.74) is 3.45. The average molecular weight is 417 g/mol. The maximum atomic E-state index is 12.8. The lowest BCUT2D eigenvalue weighted by Crippen LogP contribution is -2.40. The first-order valence-electron chi connectivity index (χ1n) is 9.92.